The summed E-state index contributed by atoms with van der Waals surface area (Å²) in [7, 11) is 1.74. The number of amides is 2. The van der Waals surface area contributed by atoms with Gasteiger partial charge in [0, 0.05) is 12.5 Å². The van der Waals surface area contributed by atoms with Gasteiger partial charge in [-0.05, 0) is 6.42 Å². The van der Waals surface area contributed by atoms with Gasteiger partial charge in [0.15, 0.2) is 0 Å². The zero-order chi connectivity index (χ0) is 15.6. The molecule has 0 saturated carbocycles. The number of carbonyl (C=O) groups excluding carboxylic acids is 2. The van der Waals surface area contributed by atoms with Crippen LogP contribution in [0, 0.1) is 5.92 Å². The summed E-state index contributed by atoms with van der Waals surface area (Å²) in [6, 6.07) is -0.347. The number of carbonyl (C=O) groups is 2. The molecule has 2 amide bonds. The number of ether oxygens (including phenoxy) is 2. The van der Waals surface area contributed by atoms with E-state index in [1.54, 1.807) is 33.2 Å². The molecular formula is C14H22N3O4+. The largest absolute Gasteiger partial charge is 0.463 e. The van der Waals surface area contributed by atoms with E-state index in [0.717, 1.165) is 6.42 Å². The first-order valence-corrected chi connectivity index (χ1v) is 7.09. The molecule has 0 aliphatic carbocycles. The van der Waals surface area contributed by atoms with E-state index >= 15 is 0 Å². The summed E-state index contributed by atoms with van der Waals surface area (Å²) in [5, 5.41) is 0. The van der Waals surface area contributed by atoms with Crippen LogP contribution in [-0.2, 0) is 14.3 Å². The molecular weight excluding hydrogens is 274 g/mol. The smallest absolute Gasteiger partial charge is 0.451 e. The van der Waals surface area contributed by atoms with E-state index in [4.69, 9.17) is 15.2 Å². The summed E-state index contributed by atoms with van der Waals surface area (Å²) in [4.78, 5) is 27.3. The Bertz CT molecular complexity index is 500. The lowest BCUT2D eigenvalue weighted by Gasteiger charge is -2.32. The van der Waals surface area contributed by atoms with E-state index in [1.807, 2.05) is 0 Å². The van der Waals surface area contributed by atoms with E-state index in [9.17, 15) is 9.59 Å². The molecule has 3 atom stereocenters. The molecule has 2 rings (SSSR count). The minimum Gasteiger partial charge on any atom is -0.463 e. The summed E-state index contributed by atoms with van der Waals surface area (Å²) in [6.45, 7) is 3.79. The minimum atomic E-state index is -0.347. The number of rotatable bonds is 4. The number of esters is 1. The Kier molecular flexibility index (Phi) is 4.43. The molecule has 2 heterocycles. The highest BCUT2D eigenvalue weighted by Gasteiger charge is 2.46. The van der Waals surface area contributed by atoms with Gasteiger partial charge in [0.05, 0.1) is 19.1 Å². The van der Waals surface area contributed by atoms with E-state index < -0.39 is 0 Å². The maximum absolute atomic E-state index is 12.1. The average Bonchev–Trinajstić information content (AvgIpc) is 2.90. The van der Waals surface area contributed by atoms with Crippen molar-refractivity contribution in [2.75, 3.05) is 13.7 Å². The van der Waals surface area contributed by atoms with Crippen LogP contribution in [0.15, 0.2) is 17.3 Å². The molecule has 0 radical (unpaired) electrons. The van der Waals surface area contributed by atoms with E-state index in [2.05, 4.69) is 4.99 Å². The van der Waals surface area contributed by atoms with Crippen molar-refractivity contribution in [1.29, 1.82) is 0 Å². The molecule has 2 N–H and O–H groups in total. The molecule has 21 heavy (non-hydrogen) atoms. The summed E-state index contributed by atoms with van der Waals surface area (Å²) in [5.74, 6) is -0.194. The van der Waals surface area contributed by atoms with Crippen molar-refractivity contribution in [3.8, 4) is 0 Å². The van der Waals surface area contributed by atoms with Gasteiger partial charge in [0.1, 0.15) is 18.6 Å². The first-order valence-electron chi connectivity index (χ1n) is 7.09. The Balaban J connectivity index is 1.92. The highest BCUT2D eigenvalue weighted by molar-refractivity contribution is 5.99. The molecule has 0 aromatic carbocycles. The third-order valence-electron chi connectivity index (χ3n) is 3.76. The van der Waals surface area contributed by atoms with Crippen LogP contribution in [0.1, 0.15) is 26.7 Å². The molecule has 1 fully saturated rings. The molecule has 2 aliphatic heterocycles. The van der Waals surface area contributed by atoms with Gasteiger partial charge in [-0.2, -0.15) is 4.48 Å². The molecule has 116 valence electrons. The van der Waals surface area contributed by atoms with Crippen molar-refractivity contribution in [1.82, 2.24) is 0 Å². The maximum atomic E-state index is 12.1. The lowest BCUT2D eigenvalue weighted by molar-refractivity contribution is -0.830. The van der Waals surface area contributed by atoms with Gasteiger partial charge < -0.3 is 15.2 Å². The monoisotopic (exact) mass is 296 g/mol. The number of nitrogens with two attached hydrogens (primary N) is 1. The first-order chi connectivity index (χ1) is 9.83. The summed E-state index contributed by atoms with van der Waals surface area (Å²) >= 11 is 0. The number of aliphatic imine (C=N–C) groups is 1. The Morgan fingerprint density at radius 3 is 2.90 bits per heavy atom. The second kappa shape index (κ2) is 5.95. The van der Waals surface area contributed by atoms with Gasteiger partial charge in [-0.1, -0.05) is 13.8 Å². The van der Waals surface area contributed by atoms with Crippen LogP contribution in [0.4, 0.5) is 4.79 Å². The number of hydrogen-bond donors (Lipinski definition) is 1. The van der Waals surface area contributed by atoms with E-state index in [0.29, 0.717) is 6.42 Å². The van der Waals surface area contributed by atoms with Crippen molar-refractivity contribution < 1.29 is 23.5 Å². The lowest BCUT2D eigenvalue weighted by Crippen LogP contribution is -2.53. The Morgan fingerprint density at radius 1 is 1.57 bits per heavy atom. The number of quaternary nitrogens is 1. The van der Waals surface area contributed by atoms with Crippen LogP contribution < -0.4 is 5.73 Å². The fraction of sp³-hybridized carbons (Fsp3) is 0.643. The SMILES string of the molecule is CC(C)C(=O)OCC1CCC([N+]2(C)C=CC(N)=NC2=O)O1. The van der Waals surface area contributed by atoms with E-state index in [-0.39, 0.29) is 47.2 Å². The zero-order valence-corrected chi connectivity index (χ0v) is 12.6. The van der Waals surface area contributed by atoms with Crippen LogP contribution in [0.3, 0.4) is 0 Å². The van der Waals surface area contributed by atoms with Crippen LogP contribution in [0.25, 0.3) is 0 Å². The molecule has 7 nitrogen and oxygen atoms in total. The van der Waals surface area contributed by atoms with Crippen molar-refractivity contribution in [3.63, 3.8) is 0 Å². The molecule has 7 heteroatoms. The Labute approximate surface area is 124 Å². The molecule has 2 aliphatic rings. The predicted octanol–water partition coefficient (Wildman–Crippen LogP) is 1.14. The topological polar surface area (TPSA) is 91.0 Å². The van der Waals surface area contributed by atoms with Crippen LogP contribution >= 0.6 is 0 Å². The Hall–Kier alpha value is -1.73. The zero-order valence-electron chi connectivity index (χ0n) is 12.6. The quantitative estimate of drug-likeness (QED) is 0.620. The first kappa shape index (κ1) is 15.7. The highest BCUT2D eigenvalue weighted by Crippen LogP contribution is 2.30. The number of amidine groups is 1. The molecule has 0 aromatic heterocycles. The highest BCUT2D eigenvalue weighted by atomic mass is 16.6. The van der Waals surface area contributed by atoms with Crippen molar-refractivity contribution in [2.24, 2.45) is 16.6 Å². The normalized spacial score (nSPS) is 32.4. The van der Waals surface area contributed by atoms with Gasteiger partial charge >= 0.3 is 12.0 Å². The average molecular weight is 296 g/mol. The van der Waals surface area contributed by atoms with Gasteiger partial charge in [0.2, 0.25) is 6.23 Å². The van der Waals surface area contributed by atoms with E-state index in [1.165, 1.54) is 0 Å². The van der Waals surface area contributed by atoms with Gasteiger partial charge in [-0.25, -0.2) is 4.79 Å². The van der Waals surface area contributed by atoms with Crippen molar-refractivity contribution >= 4 is 17.8 Å². The summed E-state index contributed by atoms with van der Waals surface area (Å²) in [5.41, 5.74) is 5.52. The van der Waals surface area contributed by atoms with Crippen molar-refractivity contribution in [2.45, 2.75) is 39.0 Å². The van der Waals surface area contributed by atoms with Crippen LogP contribution in [-0.4, -0.2) is 48.3 Å². The number of nitrogens with zero attached hydrogens (tertiary/aromatic N) is 2. The number of urea groups is 1. The predicted molar refractivity (Wildman–Crippen MR) is 76.0 cm³/mol. The fourth-order valence-corrected chi connectivity index (χ4v) is 2.32. The summed E-state index contributed by atoms with van der Waals surface area (Å²) in [6.07, 6.45) is 4.23. The van der Waals surface area contributed by atoms with Gasteiger partial charge in [-0.15, -0.1) is 4.99 Å². The standard InChI is InChI=1S/C14H21N3O4/c1-9(2)13(18)20-8-10-4-5-12(21-10)17(3)7-6-11(15)16-14(17)19/h6-7,9-10,12H,4-5,8H2,1-3H3,(H-,15,16,19)/p+1. The van der Waals surface area contributed by atoms with Crippen LogP contribution in [0.5, 0.6) is 0 Å². The molecule has 0 bridgehead atoms. The van der Waals surface area contributed by atoms with Crippen molar-refractivity contribution in [3.05, 3.63) is 12.3 Å². The second-order valence-corrected chi connectivity index (χ2v) is 5.86. The third-order valence-corrected chi connectivity index (χ3v) is 3.76. The maximum Gasteiger partial charge on any atom is 0.451 e. The summed E-state index contributed by atoms with van der Waals surface area (Å²) < 4.78 is 11.0. The molecule has 3 unspecified atom stereocenters. The number of hydrogen-bond acceptors (Lipinski definition) is 5. The fourth-order valence-electron chi connectivity index (χ4n) is 2.32. The molecule has 1 saturated heterocycles. The molecule has 0 aromatic rings. The Morgan fingerprint density at radius 2 is 2.29 bits per heavy atom. The molecule has 0 spiro atoms. The lowest BCUT2D eigenvalue weighted by atomic mass is 10.2. The second-order valence-electron chi connectivity index (χ2n) is 5.86. The van der Waals surface area contributed by atoms with Crippen LogP contribution in [0.2, 0.25) is 0 Å². The minimum absolute atomic E-state index is 0.0602. The van der Waals surface area contributed by atoms with Gasteiger partial charge in [0.25, 0.3) is 0 Å². The van der Waals surface area contributed by atoms with Gasteiger partial charge in [-0.3, -0.25) is 4.79 Å². The third kappa shape index (κ3) is 3.30.